The van der Waals surface area contributed by atoms with Crippen LogP contribution in [0, 0.1) is 6.92 Å². The monoisotopic (exact) mass is 266 g/mol. The largest absolute Gasteiger partial charge is 0.478 e. The number of aryl methyl sites for hydroxylation is 1. The Morgan fingerprint density at radius 1 is 1.50 bits per heavy atom. The summed E-state index contributed by atoms with van der Waals surface area (Å²) in [6.07, 6.45) is 2.83. The predicted molar refractivity (Wildman–Crippen MR) is 65.1 cm³/mol. The van der Waals surface area contributed by atoms with Gasteiger partial charge >= 0.3 is 5.97 Å². The molecule has 0 aliphatic rings. The Morgan fingerprint density at radius 3 is 2.78 bits per heavy atom. The van der Waals surface area contributed by atoms with E-state index in [0.29, 0.717) is 16.3 Å². The number of hydrogen-bond acceptors (Lipinski definition) is 5. The SMILES string of the molecule is Cc1nsc(N(C)C(=O)c2cn[nH]c2)c1C(=O)O. The van der Waals surface area contributed by atoms with Crippen LogP contribution in [0.2, 0.25) is 0 Å². The number of anilines is 1. The number of aromatic nitrogens is 3. The molecule has 7 nitrogen and oxygen atoms in total. The van der Waals surface area contributed by atoms with Crippen LogP contribution in [-0.4, -0.2) is 38.6 Å². The summed E-state index contributed by atoms with van der Waals surface area (Å²) in [6.45, 7) is 1.60. The van der Waals surface area contributed by atoms with Gasteiger partial charge in [-0.2, -0.15) is 9.47 Å². The molecule has 8 heteroatoms. The van der Waals surface area contributed by atoms with E-state index in [-0.39, 0.29) is 11.5 Å². The number of amides is 1. The molecule has 0 aliphatic carbocycles. The van der Waals surface area contributed by atoms with Crippen LogP contribution in [0.4, 0.5) is 5.00 Å². The number of carbonyl (C=O) groups is 2. The molecule has 2 rings (SSSR count). The molecule has 0 bridgehead atoms. The minimum Gasteiger partial charge on any atom is -0.478 e. The van der Waals surface area contributed by atoms with E-state index in [1.54, 1.807) is 6.92 Å². The van der Waals surface area contributed by atoms with Crippen molar-refractivity contribution in [3.63, 3.8) is 0 Å². The van der Waals surface area contributed by atoms with Gasteiger partial charge in [0, 0.05) is 13.2 Å². The zero-order valence-corrected chi connectivity index (χ0v) is 10.5. The molecule has 0 aromatic carbocycles. The summed E-state index contributed by atoms with van der Waals surface area (Å²) in [7, 11) is 1.51. The van der Waals surface area contributed by atoms with Crippen molar-refractivity contribution in [3.05, 3.63) is 29.2 Å². The second-order valence-electron chi connectivity index (χ2n) is 3.60. The van der Waals surface area contributed by atoms with Crippen LogP contribution in [0.25, 0.3) is 0 Å². The molecule has 2 aromatic heterocycles. The van der Waals surface area contributed by atoms with Crippen molar-refractivity contribution in [2.45, 2.75) is 6.92 Å². The number of hydrogen-bond donors (Lipinski definition) is 2. The summed E-state index contributed by atoms with van der Waals surface area (Å²) in [6, 6.07) is 0. The van der Waals surface area contributed by atoms with Crippen molar-refractivity contribution < 1.29 is 14.7 Å². The Morgan fingerprint density at radius 2 is 2.22 bits per heavy atom. The lowest BCUT2D eigenvalue weighted by molar-refractivity contribution is 0.0697. The minimum atomic E-state index is -1.09. The average Bonchev–Trinajstić information content (AvgIpc) is 2.95. The normalized spacial score (nSPS) is 10.3. The number of carboxylic acids is 1. The van der Waals surface area contributed by atoms with E-state index in [0.717, 1.165) is 11.5 Å². The van der Waals surface area contributed by atoms with E-state index in [2.05, 4.69) is 14.6 Å². The number of carbonyl (C=O) groups excluding carboxylic acids is 1. The Hall–Kier alpha value is -2.22. The third-order valence-electron chi connectivity index (χ3n) is 2.41. The molecule has 0 saturated carbocycles. The fourth-order valence-electron chi connectivity index (χ4n) is 1.49. The van der Waals surface area contributed by atoms with Gasteiger partial charge in [-0.05, 0) is 18.5 Å². The molecule has 18 heavy (non-hydrogen) atoms. The summed E-state index contributed by atoms with van der Waals surface area (Å²) in [5.74, 6) is -1.43. The number of nitrogens with zero attached hydrogens (tertiary/aromatic N) is 3. The highest BCUT2D eigenvalue weighted by molar-refractivity contribution is 7.11. The maximum Gasteiger partial charge on any atom is 0.340 e. The Balaban J connectivity index is 2.38. The lowest BCUT2D eigenvalue weighted by atomic mass is 10.2. The van der Waals surface area contributed by atoms with Crippen LogP contribution in [-0.2, 0) is 0 Å². The van der Waals surface area contributed by atoms with Crippen molar-refractivity contribution in [1.82, 2.24) is 14.6 Å². The summed E-state index contributed by atoms with van der Waals surface area (Å²) in [4.78, 5) is 24.4. The number of carboxylic acid groups (broad SMARTS) is 1. The van der Waals surface area contributed by atoms with E-state index < -0.39 is 5.97 Å². The minimum absolute atomic E-state index is 0.0549. The first-order valence-corrected chi connectivity index (χ1v) is 5.76. The molecule has 0 saturated heterocycles. The zero-order chi connectivity index (χ0) is 13.3. The molecule has 2 N–H and O–H groups in total. The summed E-state index contributed by atoms with van der Waals surface area (Å²) in [5, 5.41) is 15.6. The standard InChI is InChI=1S/C10H10N4O3S/c1-5-7(10(16)17)9(18-13-5)14(2)8(15)6-3-11-12-4-6/h3-4H,1-2H3,(H,11,12)(H,16,17). The Bertz CT molecular complexity index is 590. The van der Waals surface area contributed by atoms with Crippen LogP contribution in [0.5, 0.6) is 0 Å². The summed E-state index contributed by atoms with van der Waals surface area (Å²) in [5.41, 5.74) is 0.814. The van der Waals surface area contributed by atoms with Crippen molar-refractivity contribution in [2.24, 2.45) is 0 Å². The predicted octanol–water partition coefficient (Wildman–Crippen LogP) is 1.15. The maximum absolute atomic E-state index is 12.0. The van der Waals surface area contributed by atoms with Crippen LogP contribution in [0.3, 0.4) is 0 Å². The molecular weight excluding hydrogens is 256 g/mol. The zero-order valence-electron chi connectivity index (χ0n) is 9.67. The number of rotatable bonds is 3. The number of aromatic amines is 1. The molecule has 0 unspecified atom stereocenters. The van der Waals surface area contributed by atoms with Gasteiger partial charge in [0.05, 0.1) is 17.5 Å². The highest BCUT2D eigenvalue weighted by atomic mass is 32.1. The third kappa shape index (κ3) is 1.97. The van der Waals surface area contributed by atoms with Gasteiger partial charge in [0.1, 0.15) is 10.6 Å². The van der Waals surface area contributed by atoms with Crippen LogP contribution >= 0.6 is 11.5 Å². The smallest absolute Gasteiger partial charge is 0.340 e. The van der Waals surface area contributed by atoms with Gasteiger partial charge in [0.25, 0.3) is 5.91 Å². The van der Waals surface area contributed by atoms with Crippen LogP contribution in [0.1, 0.15) is 26.4 Å². The molecule has 0 radical (unpaired) electrons. The van der Waals surface area contributed by atoms with E-state index in [1.165, 1.54) is 24.3 Å². The maximum atomic E-state index is 12.0. The molecule has 2 aromatic rings. The Labute approximate surface area is 106 Å². The molecule has 0 fully saturated rings. The molecule has 0 atom stereocenters. The Kier molecular flexibility index (Phi) is 3.11. The van der Waals surface area contributed by atoms with Crippen molar-refractivity contribution in [2.75, 3.05) is 11.9 Å². The van der Waals surface area contributed by atoms with Gasteiger partial charge in [-0.15, -0.1) is 0 Å². The second kappa shape index (κ2) is 4.57. The third-order valence-corrected chi connectivity index (χ3v) is 3.43. The fourth-order valence-corrected chi connectivity index (χ4v) is 2.33. The van der Waals surface area contributed by atoms with Gasteiger partial charge < -0.3 is 10.0 Å². The van der Waals surface area contributed by atoms with Gasteiger partial charge in [-0.1, -0.05) is 0 Å². The number of nitrogens with one attached hydrogen (secondary N) is 1. The van der Waals surface area contributed by atoms with E-state index in [9.17, 15) is 9.59 Å². The van der Waals surface area contributed by atoms with Gasteiger partial charge in [0.2, 0.25) is 0 Å². The van der Waals surface area contributed by atoms with Crippen LogP contribution in [0.15, 0.2) is 12.4 Å². The first-order valence-electron chi connectivity index (χ1n) is 4.98. The van der Waals surface area contributed by atoms with Gasteiger partial charge in [-0.25, -0.2) is 4.79 Å². The summed E-state index contributed by atoms with van der Waals surface area (Å²) >= 11 is 0.982. The van der Waals surface area contributed by atoms with E-state index in [1.807, 2.05) is 0 Å². The molecule has 2 heterocycles. The topological polar surface area (TPSA) is 99.2 Å². The van der Waals surface area contributed by atoms with Crippen molar-refractivity contribution in [1.29, 1.82) is 0 Å². The highest BCUT2D eigenvalue weighted by Crippen LogP contribution is 2.28. The van der Waals surface area contributed by atoms with Gasteiger partial charge in [-0.3, -0.25) is 9.89 Å². The molecule has 1 amide bonds. The number of H-pyrrole nitrogens is 1. The average molecular weight is 266 g/mol. The second-order valence-corrected chi connectivity index (χ2v) is 4.36. The van der Waals surface area contributed by atoms with Crippen molar-refractivity contribution in [3.8, 4) is 0 Å². The number of aromatic carboxylic acids is 1. The first kappa shape index (κ1) is 12.2. The van der Waals surface area contributed by atoms with Gasteiger partial charge in [0.15, 0.2) is 0 Å². The molecular formula is C10H10N4O3S. The first-order chi connectivity index (χ1) is 8.52. The summed E-state index contributed by atoms with van der Waals surface area (Å²) < 4.78 is 3.97. The van der Waals surface area contributed by atoms with E-state index >= 15 is 0 Å². The van der Waals surface area contributed by atoms with Crippen LogP contribution < -0.4 is 4.90 Å². The van der Waals surface area contributed by atoms with Crippen molar-refractivity contribution >= 4 is 28.4 Å². The lowest BCUT2D eigenvalue weighted by Gasteiger charge is -2.14. The molecule has 0 aliphatic heterocycles. The quantitative estimate of drug-likeness (QED) is 0.868. The fraction of sp³-hybridized carbons (Fsp3) is 0.200. The molecule has 0 spiro atoms. The van der Waals surface area contributed by atoms with E-state index in [4.69, 9.17) is 5.11 Å². The lowest BCUT2D eigenvalue weighted by Crippen LogP contribution is -2.26. The molecule has 94 valence electrons. The highest BCUT2D eigenvalue weighted by Gasteiger charge is 2.24.